The van der Waals surface area contributed by atoms with Crippen molar-refractivity contribution >= 4 is 11.9 Å². The molecule has 82 heavy (non-hydrogen) atoms. The van der Waals surface area contributed by atoms with Crippen molar-refractivity contribution in [2.45, 2.75) is 378 Å². The topological polar surface area (TPSA) is 175 Å². The Morgan fingerprint density at radius 3 is 1.28 bits per heavy atom. The molecule has 0 aromatic heterocycles. The number of ether oxygens (including phenoxy) is 3. The second kappa shape index (κ2) is 59.0. The first kappa shape index (κ1) is 77.6. The van der Waals surface area contributed by atoms with Crippen LogP contribution in [0.4, 0.5) is 0 Å². The Morgan fingerprint density at radius 1 is 0.476 bits per heavy atom. The smallest absolute Gasteiger partial charge is 0.306 e. The predicted molar refractivity (Wildman–Crippen MR) is 343 cm³/mol. The maximum atomic E-state index is 13.5. The van der Waals surface area contributed by atoms with Crippen molar-refractivity contribution in [3.8, 4) is 0 Å². The molecule has 0 radical (unpaired) electrons. The van der Waals surface area contributed by atoms with Gasteiger partial charge in [0.2, 0.25) is 5.91 Å². The van der Waals surface area contributed by atoms with Gasteiger partial charge in [-0.15, -0.1) is 0 Å². The SMILES string of the molecule is CCCCC/C=C\C/C=C\C/C=C\CCCCCCCC(O)C(=O)NC(COC1OC(CO)C(O)C(O)C1OC(=O)CCCCCCCCCCCCCCCCCCCCCCCCC)C(O)/C=C/CCCCCCCCCCCC. The van der Waals surface area contributed by atoms with E-state index in [2.05, 4.69) is 62.5 Å². The molecule has 1 aliphatic heterocycles. The van der Waals surface area contributed by atoms with Crippen LogP contribution in [0.15, 0.2) is 48.6 Å². The summed E-state index contributed by atoms with van der Waals surface area (Å²) in [4.78, 5) is 26.6. The van der Waals surface area contributed by atoms with Crippen LogP contribution < -0.4 is 5.32 Å². The number of amides is 1. The summed E-state index contributed by atoms with van der Waals surface area (Å²) in [6.45, 7) is 5.80. The van der Waals surface area contributed by atoms with E-state index < -0.39 is 67.4 Å². The highest BCUT2D eigenvalue weighted by Gasteiger charge is 2.47. The number of unbranched alkanes of at least 4 members (excludes halogenated alkanes) is 40. The largest absolute Gasteiger partial charge is 0.454 e. The van der Waals surface area contributed by atoms with E-state index in [1.54, 1.807) is 6.08 Å². The van der Waals surface area contributed by atoms with Crippen molar-refractivity contribution in [3.63, 3.8) is 0 Å². The van der Waals surface area contributed by atoms with E-state index in [1.165, 1.54) is 199 Å². The minimum Gasteiger partial charge on any atom is -0.454 e. The van der Waals surface area contributed by atoms with Gasteiger partial charge < -0.3 is 45.1 Å². The molecule has 0 aliphatic carbocycles. The maximum Gasteiger partial charge on any atom is 0.306 e. The van der Waals surface area contributed by atoms with Crippen LogP contribution in [0.1, 0.15) is 329 Å². The third-order valence-corrected chi connectivity index (χ3v) is 16.5. The number of rotatable bonds is 60. The van der Waals surface area contributed by atoms with Crippen LogP contribution in [0.5, 0.6) is 0 Å². The van der Waals surface area contributed by atoms with Gasteiger partial charge in [-0.05, 0) is 64.2 Å². The van der Waals surface area contributed by atoms with Gasteiger partial charge in [-0.25, -0.2) is 0 Å². The van der Waals surface area contributed by atoms with Gasteiger partial charge in [-0.3, -0.25) is 9.59 Å². The summed E-state index contributed by atoms with van der Waals surface area (Å²) in [6.07, 6.45) is 62.9. The number of aliphatic hydroxyl groups is 5. The molecule has 0 saturated carbocycles. The molecule has 1 amide bonds. The highest BCUT2D eigenvalue weighted by atomic mass is 16.7. The van der Waals surface area contributed by atoms with Crippen molar-refractivity contribution in [1.82, 2.24) is 5.32 Å². The molecule has 11 heteroatoms. The first-order chi connectivity index (χ1) is 40.2. The average Bonchev–Trinajstić information content (AvgIpc) is 3.68. The fourth-order valence-electron chi connectivity index (χ4n) is 11.0. The Hall–Kier alpha value is -2.38. The Bertz CT molecular complexity index is 1520. The summed E-state index contributed by atoms with van der Waals surface area (Å²) in [7, 11) is 0. The molecule has 11 nitrogen and oxygen atoms in total. The lowest BCUT2D eigenvalue weighted by Crippen LogP contribution is -2.61. The van der Waals surface area contributed by atoms with E-state index >= 15 is 0 Å². The van der Waals surface area contributed by atoms with E-state index in [0.717, 1.165) is 83.5 Å². The minimum atomic E-state index is -1.61. The summed E-state index contributed by atoms with van der Waals surface area (Å²) in [5.41, 5.74) is 0. The Morgan fingerprint density at radius 2 is 0.841 bits per heavy atom. The fourth-order valence-corrected chi connectivity index (χ4v) is 11.0. The van der Waals surface area contributed by atoms with Crippen LogP contribution in [0.2, 0.25) is 0 Å². The summed E-state index contributed by atoms with van der Waals surface area (Å²) < 4.78 is 17.7. The molecule has 1 rings (SSSR count). The zero-order valence-electron chi connectivity index (χ0n) is 53.4. The van der Waals surface area contributed by atoms with Crippen molar-refractivity contribution in [2.75, 3.05) is 13.2 Å². The van der Waals surface area contributed by atoms with E-state index in [-0.39, 0.29) is 19.4 Å². The molecule has 1 saturated heterocycles. The first-order valence-corrected chi connectivity index (χ1v) is 34.9. The highest BCUT2D eigenvalue weighted by Crippen LogP contribution is 2.26. The van der Waals surface area contributed by atoms with Gasteiger partial charge in [0.1, 0.15) is 24.4 Å². The van der Waals surface area contributed by atoms with Crippen LogP contribution >= 0.6 is 0 Å². The summed E-state index contributed by atoms with van der Waals surface area (Å²) in [5.74, 6) is -1.20. The number of esters is 1. The molecule has 480 valence electrons. The Labute approximate surface area is 504 Å². The molecule has 0 bridgehead atoms. The van der Waals surface area contributed by atoms with Gasteiger partial charge in [0.05, 0.1) is 25.4 Å². The number of carbonyl (C=O) groups is 2. The second-order valence-electron chi connectivity index (χ2n) is 24.3. The normalized spacial score (nSPS) is 18.9. The summed E-state index contributed by atoms with van der Waals surface area (Å²) >= 11 is 0. The molecule has 1 heterocycles. The number of hydrogen-bond donors (Lipinski definition) is 6. The van der Waals surface area contributed by atoms with Crippen molar-refractivity contribution in [1.29, 1.82) is 0 Å². The van der Waals surface area contributed by atoms with E-state index in [1.807, 2.05) is 6.08 Å². The predicted octanol–water partition coefficient (Wildman–Crippen LogP) is 17.6. The van der Waals surface area contributed by atoms with Crippen LogP contribution in [0.25, 0.3) is 0 Å². The van der Waals surface area contributed by atoms with Crippen molar-refractivity contribution in [2.24, 2.45) is 0 Å². The van der Waals surface area contributed by atoms with Gasteiger partial charge in [-0.1, -0.05) is 307 Å². The number of hydrogen-bond acceptors (Lipinski definition) is 10. The lowest BCUT2D eigenvalue weighted by atomic mass is 9.99. The molecule has 0 aromatic rings. The quantitative estimate of drug-likeness (QED) is 0.0195. The monoisotopic (exact) mass is 1160 g/mol. The summed E-state index contributed by atoms with van der Waals surface area (Å²) in [6, 6.07) is -1.03. The molecular formula is C71H131NO10. The van der Waals surface area contributed by atoms with Gasteiger partial charge >= 0.3 is 5.97 Å². The van der Waals surface area contributed by atoms with Gasteiger partial charge in [0.15, 0.2) is 12.4 Å². The Balaban J connectivity index is 2.59. The standard InChI is InChI=1S/C71H131NO10/c1-4-7-10-13-16-19-22-25-27-29-31-32-33-34-35-37-39-41-44-47-50-53-56-59-66(76)82-69-68(78)67(77)65(60-73)81-71(69)80-61-62(63(74)57-54-51-48-45-42-24-21-18-15-12-9-6-3)72-70(79)64(75)58-55-52-49-46-43-40-38-36-30-28-26-23-20-17-14-11-8-5-2/h17,20,26,28,36,38,54,57,62-65,67-69,71,73-75,77-78H,4-16,18-19,21-25,27,29-35,37,39-53,55-56,58-61H2,1-3H3,(H,72,79)/b20-17-,28-26-,38-36-,57-54+. The number of allylic oxidation sites excluding steroid dienone is 7. The van der Waals surface area contributed by atoms with E-state index in [0.29, 0.717) is 12.8 Å². The van der Waals surface area contributed by atoms with Crippen molar-refractivity contribution in [3.05, 3.63) is 48.6 Å². The van der Waals surface area contributed by atoms with Gasteiger partial charge in [0.25, 0.3) is 0 Å². The zero-order chi connectivity index (χ0) is 59.6. The second-order valence-corrected chi connectivity index (χ2v) is 24.3. The lowest BCUT2D eigenvalue weighted by Gasteiger charge is -2.41. The van der Waals surface area contributed by atoms with Crippen molar-refractivity contribution < 1.29 is 49.3 Å². The number of aliphatic hydroxyl groups excluding tert-OH is 5. The zero-order valence-corrected chi connectivity index (χ0v) is 53.4. The van der Waals surface area contributed by atoms with E-state index in [9.17, 15) is 35.1 Å². The third-order valence-electron chi connectivity index (χ3n) is 16.5. The molecule has 0 spiro atoms. The van der Waals surface area contributed by atoms with E-state index in [4.69, 9.17) is 14.2 Å². The summed E-state index contributed by atoms with van der Waals surface area (Å²) in [5, 5.41) is 57.2. The van der Waals surface area contributed by atoms with Crippen LogP contribution in [0, 0.1) is 0 Å². The first-order valence-electron chi connectivity index (χ1n) is 34.9. The Kier molecular flexibility index (Phi) is 55.8. The highest BCUT2D eigenvalue weighted by molar-refractivity contribution is 5.80. The molecule has 1 aliphatic rings. The van der Waals surface area contributed by atoms with Crippen LogP contribution in [-0.2, 0) is 23.8 Å². The maximum absolute atomic E-state index is 13.5. The number of carbonyl (C=O) groups excluding carboxylic acids is 2. The molecule has 8 atom stereocenters. The molecule has 8 unspecified atom stereocenters. The number of nitrogens with one attached hydrogen (secondary N) is 1. The minimum absolute atomic E-state index is 0.126. The molecule has 6 N–H and O–H groups in total. The molecule has 0 aromatic carbocycles. The molecular weight excluding hydrogens is 1030 g/mol. The van der Waals surface area contributed by atoms with Gasteiger partial charge in [-0.2, -0.15) is 0 Å². The van der Waals surface area contributed by atoms with Crippen LogP contribution in [0.3, 0.4) is 0 Å². The third kappa shape index (κ3) is 45.9. The van der Waals surface area contributed by atoms with Crippen LogP contribution in [-0.4, -0.2) is 99.6 Å². The average molecular weight is 1160 g/mol. The van der Waals surface area contributed by atoms with Gasteiger partial charge in [0, 0.05) is 6.42 Å². The fraction of sp³-hybridized carbons (Fsp3) is 0.859. The lowest BCUT2D eigenvalue weighted by molar-refractivity contribution is -0.305. The molecule has 1 fully saturated rings.